The lowest BCUT2D eigenvalue weighted by Gasteiger charge is -2.24. The lowest BCUT2D eigenvalue weighted by molar-refractivity contribution is -0.384. The summed E-state index contributed by atoms with van der Waals surface area (Å²) in [5.41, 5.74) is 1.77. The van der Waals surface area contributed by atoms with E-state index in [1.165, 1.54) is 6.07 Å². The van der Waals surface area contributed by atoms with Crippen LogP contribution in [0, 0.1) is 10.1 Å². The average Bonchev–Trinajstić information content (AvgIpc) is 2.66. The van der Waals surface area contributed by atoms with Crippen LogP contribution in [-0.4, -0.2) is 10.0 Å². The summed E-state index contributed by atoms with van der Waals surface area (Å²) in [5, 5.41) is 30.3. The molecule has 2 rings (SSSR count). The Morgan fingerprint density at radius 2 is 1.57 bits per heavy atom. The molecule has 0 bridgehead atoms. The molecule has 0 unspecified atom stereocenters. The van der Waals surface area contributed by atoms with Crippen molar-refractivity contribution >= 4 is 17.1 Å². The van der Waals surface area contributed by atoms with Crippen LogP contribution in [0.5, 0.6) is 5.75 Å². The molecule has 2 aromatic rings. The van der Waals surface area contributed by atoms with E-state index in [-0.39, 0.29) is 28.0 Å². The van der Waals surface area contributed by atoms with Crippen molar-refractivity contribution in [2.24, 2.45) is 10.2 Å². The predicted octanol–water partition coefficient (Wildman–Crippen LogP) is 7.09. The maximum absolute atomic E-state index is 11.4. The topological polar surface area (TPSA) is 88.1 Å². The lowest BCUT2D eigenvalue weighted by atomic mass is 9.81. The molecule has 0 fully saturated rings. The van der Waals surface area contributed by atoms with Crippen molar-refractivity contribution in [3.8, 4) is 5.75 Å². The van der Waals surface area contributed by atoms with Crippen LogP contribution >= 0.6 is 0 Å². The van der Waals surface area contributed by atoms with Crippen molar-refractivity contribution in [2.75, 3.05) is 0 Å². The standard InChI is InChI=1S/C22H29N3O3/c1-7-21(3,4)15-12-13-19(25(27)28)18(14-15)24-23-17-11-9-10-16(20(17)26)22(5,6)8-2/h9-14,26H,7-8H2,1-6H3. The van der Waals surface area contributed by atoms with E-state index >= 15 is 0 Å². The third-order valence-corrected chi connectivity index (χ3v) is 5.73. The van der Waals surface area contributed by atoms with Crippen LogP contribution in [0.2, 0.25) is 0 Å². The summed E-state index contributed by atoms with van der Waals surface area (Å²) in [6.07, 6.45) is 1.73. The number of hydrogen-bond acceptors (Lipinski definition) is 5. The summed E-state index contributed by atoms with van der Waals surface area (Å²) in [4.78, 5) is 10.9. The van der Waals surface area contributed by atoms with Crippen molar-refractivity contribution in [3.63, 3.8) is 0 Å². The van der Waals surface area contributed by atoms with E-state index in [1.807, 2.05) is 26.0 Å². The number of rotatable bonds is 7. The maximum Gasteiger partial charge on any atom is 0.296 e. The normalized spacial score (nSPS) is 12.5. The largest absolute Gasteiger partial charge is 0.505 e. The van der Waals surface area contributed by atoms with Gasteiger partial charge in [-0.25, -0.2) is 0 Å². The van der Waals surface area contributed by atoms with Crippen LogP contribution in [0.15, 0.2) is 46.6 Å². The minimum atomic E-state index is -0.465. The van der Waals surface area contributed by atoms with Crippen molar-refractivity contribution in [1.29, 1.82) is 0 Å². The molecule has 2 aromatic carbocycles. The monoisotopic (exact) mass is 383 g/mol. The summed E-state index contributed by atoms with van der Waals surface area (Å²) in [5.74, 6) is 0.0609. The smallest absolute Gasteiger partial charge is 0.296 e. The molecule has 150 valence electrons. The van der Waals surface area contributed by atoms with Crippen molar-refractivity contribution in [3.05, 3.63) is 57.6 Å². The Kier molecular flexibility index (Phi) is 6.22. The molecule has 0 saturated carbocycles. The molecular weight excluding hydrogens is 354 g/mol. The van der Waals surface area contributed by atoms with Gasteiger partial charge in [-0.1, -0.05) is 59.7 Å². The molecule has 0 aliphatic carbocycles. The summed E-state index contributed by atoms with van der Waals surface area (Å²) in [6, 6.07) is 10.3. The van der Waals surface area contributed by atoms with E-state index in [4.69, 9.17) is 0 Å². The number of nitrogens with zero attached hydrogens (tertiary/aromatic N) is 3. The molecule has 0 spiro atoms. The maximum atomic E-state index is 11.4. The van der Waals surface area contributed by atoms with Crippen molar-refractivity contribution in [1.82, 2.24) is 0 Å². The quantitative estimate of drug-likeness (QED) is 0.314. The number of nitro groups is 1. The number of benzene rings is 2. The molecule has 0 aliphatic rings. The van der Waals surface area contributed by atoms with Gasteiger partial charge in [0.1, 0.15) is 11.4 Å². The first kappa shape index (κ1) is 21.5. The number of phenolic OH excluding ortho intramolecular Hbond substituents is 1. The van der Waals surface area contributed by atoms with Gasteiger partial charge >= 0.3 is 0 Å². The van der Waals surface area contributed by atoms with E-state index < -0.39 is 4.92 Å². The van der Waals surface area contributed by atoms with E-state index in [9.17, 15) is 15.2 Å². The summed E-state index contributed by atoms with van der Waals surface area (Å²) in [6.45, 7) is 12.4. The van der Waals surface area contributed by atoms with Crippen LogP contribution in [0.3, 0.4) is 0 Å². The summed E-state index contributed by atoms with van der Waals surface area (Å²) in [7, 11) is 0. The Balaban J connectivity index is 2.53. The number of nitro benzene ring substituents is 1. The fourth-order valence-corrected chi connectivity index (χ4v) is 2.84. The molecule has 0 aliphatic heterocycles. The second kappa shape index (κ2) is 8.09. The van der Waals surface area contributed by atoms with Gasteiger partial charge in [-0.05, 0) is 41.4 Å². The molecule has 0 heterocycles. The van der Waals surface area contributed by atoms with Gasteiger partial charge in [0.2, 0.25) is 0 Å². The zero-order valence-electron chi connectivity index (χ0n) is 17.5. The molecule has 6 heteroatoms. The first-order valence-corrected chi connectivity index (χ1v) is 9.56. The zero-order valence-corrected chi connectivity index (χ0v) is 17.5. The van der Waals surface area contributed by atoms with E-state index in [0.29, 0.717) is 5.69 Å². The Morgan fingerprint density at radius 1 is 0.964 bits per heavy atom. The van der Waals surface area contributed by atoms with Gasteiger partial charge in [-0.3, -0.25) is 10.1 Å². The number of para-hydroxylation sites is 1. The van der Waals surface area contributed by atoms with E-state index in [0.717, 1.165) is 24.0 Å². The van der Waals surface area contributed by atoms with Crippen molar-refractivity contribution < 1.29 is 10.0 Å². The third kappa shape index (κ3) is 4.38. The third-order valence-electron chi connectivity index (χ3n) is 5.73. The summed E-state index contributed by atoms with van der Waals surface area (Å²) >= 11 is 0. The minimum Gasteiger partial charge on any atom is -0.505 e. The van der Waals surface area contributed by atoms with Crippen LogP contribution < -0.4 is 0 Å². The highest BCUT2D eigenvalue weighted by atomic mass is 16.6. The van der Waals surface area contributed by atoms with Crippen LogP contribution in [0.1, 0.15) is 65.5 Å². The van der Waals surface area contributed by atoms with Gasteiger partial charge in [-0.2, -0.15) is 0 Å². The number of hydrogen-bond donors (Lipinski definition) is 1. The van der Waals surface area contributed by atoms with Crippen molar-refractivity contribution in [2.45, 2.75) is 65.2 Å². The van der Waals surface area contributed by atoms with Crippen LogP contribution in [-0.2, 0) is 10.8 Å². The first-order chi connectivity index (χ1) is 13.0. The predicted molar refractivity (Wildman–Crippen MR) is 112 cm³/mol. The van der Waals surface area contributed by atoms with Crippen LogP contribution in [0.4, 0.5) is 17.1 Å². The molecule has 0 saturated heterocycles. The molecular formula is C22H29N3O3. The SMILES string of the molecule is CCC(C)(C)c1ccc([N+](=O)[O-])c(N=Nc2cccc(C(C)(C)CC)c2O)c1. The number of aromatic hydroxyl groups is 1. The molecule has 28 heavy (non-hydrogen) atoms. The minimum absolute atomic E-state index is 0.0609. The van der Waals surface area contributed by atoms with Gasteiger partial charge in [0, 0.05) is 11.6 Å². The van der Waals surface area contributed by atoms with E-state index in [1.54, 1.807) is 18.2 Å². The number of azo groups is 1. The number of phenols is 1. The highest BCUT2D eigenvalue weighted by molar-refractivity contribution is 5.61. The molecule has 0 aromatic heterocycles. The highest BCUT2D eigenvalue weighted by Crippen LogP contribution is 2.41. The van der Waals surface area contributed by atoms with Crippen LogP contribution in [0.25, 0.3) is 0 Å². The van der Waals surface area contributed by atoms with Gasteiger partial charge in [0.25, 0.3) is 5.69 Å². The highest BCUT2D eigenvalue weighted by Gasteiger charge is 2.24. The Labute approximate surface area is 166 Å². The second-order valence-corrected chi connectivity index (χ2v) is 8.31. The van der Waals surface area contributed by atoms with Gasteiger partial charge in [0.05, 0.1) is 4.92 Å². The molecule has 1 N–H and O–H groups in total. The Morgan fingerprint density at radius 3 is 2.14 bits per heavy atom. The van der Waals surface area contributed by atoms with Gasteiger partial charge in [0.15, 0.2) is 5.69 Å². The molecule has 0 radical (unpaired) electrons. The first-order valence-electron chi connectivity index (χ1n) is 9.56. The zero-order chi connectivity index (χ0) is 21.1. The Bertz CT molecular complexity index is 902. The van der Waals surface area contributed by atoms with Gasteiger partial charge < -0.3 is 5.11 Å². The van der Waals surface area contributed by atoms with Gasteiger partial charge in [-0.15, -0.1) is 10.2 Å². The summed E-state index contributed by atoms with van der Waals surface area (Å²) < 4.78 is 0. The molecule has 6 nitrogen and oxygen atoms in total. The second-order valence-electron chi connectivity index (χ2n) is 8.31. The van der Waals surface area contributed by atoms with E-state index in [2.05, 4.69) is 37.9 Å². The molecule has 0 atom stereocenters. The average molecular weight is 383 g/mol. The lowest BCUT2D eigenvalue weighted by Crippen LogP contribution is -2.15. The Hall–Kier alpha value is -2.76. The molecule has 0 amide bonds. The fourth-order valence-electron chi connectivity index (χ4n) is 2.84. The fraction of sp³-hybridized carbons (Fsp3) is 0.455.